The summed E-state index contributed by atoms with van der Waals surface area (Å²) >= 11 is 0. The number of esters is 1. The molecule has 0 radical (unpaired) electrons. The highest BCUT2D eigenvalue weighted by atomic mass is 19.3. The lowest BCUT2D eigenvalue weighted by Gasteiger charge is -2.58. The Balaban J connectivity index is 1.67. The molecule has 0 aromatic heterocycles. The topological polar surface area (TPSA) is 46.5 Å². The number of hydrogen-bond donors (Lipinski definition) is 1. The normalized spacial score (nSPS) is 45.6. The van der Waals surface area contributed by atoms with Crippen molar-refractivity contribution in [3.05, 3.63) is 0 Å². The average Bonchev–Trinajstić information content (AvgIpc) is 2.25. The number of halogens is 2. The minimum atomic E-state index is -3.07. The van der Waals surface area contributed by atoms with Gasteiger partial charge in [0.25, 0.3) is 0 Å². The van der Waals surface area contributed by atoms with E-state index in [1.807, 2.05) is 0 Å². The van der Waals surface area contributed by atoms with Crippen molar-refractivity contribution < 1.29 is 23.4 Å². The first-order chi connectivity index (χ1) is 8.48. The van der Waals surface area contributed by atoms with E-state index in [1.165, 1.54) is 6.42 Å². The van der Waals surface area contributed by atoms with E-state index in [0.717, 1.165) is 25.7 Å². The van der Waals surface area contributed by atoms with Crippen molar-refractivity contribution in [2.24, 2.45) is 23.7 Å². The summed E-state index contributed by atoms with van der Waals surface area (Å²) in [5.74, 6) is -0.115. The third kappa shape index (κ3) is 1.92. The lowest BCUT2D eigenvalue weighted by Crippen LogP contribution is -2.58. The molecule has 4 aliphatic rings. The predicted octanol–water partition coefficient (Wildman–Crippen LogP) is 1.98. The van der Waals surface area contributed by atoms with Crippen LogP contribution in [0.3, 0.4) is 0 Å². The zero-order valence-corrected chi connectivity index (χ0v) is 10.1. The van der Waals surface area contributed by atoms with Gasteiger partial charge in [-0.2, -0.15) is 8.78 Å². The van der Waals surface area contributed by atoms with Gasteiger partial charge in [-0.25, -0.2) is 4.79 Å². The van der Waals surface area contributed by atoms with Crippen LogP contribution in [0.25, 0.3) is 0 Å². The number of rotatable bonds is 3. The lowest BCUT2D eigenvalue weighted by molar-refractivity contribution is -0.194. The molecule has 4 bridgehead atoms. The van der Waals surface area contributed by atoms with Crippen LogP contribution in [0.2, 0.25) is 0 Å². The Morgan fingerprint density at radius 3 is 2.39 bits per heavy atom. The SMILES string of the molecule is O=C(OCC1C2CC3CC(C2)CC1(O)C3)C(F)F. The first-order valence-corrected chi connectivity index (χ1v) is 6.65. The molecular weight excluding hydrogens is 242 g/mol. The monoisotopic (exact) mass is 260 g/mol. The van der Waals surface area contributed by atoms with E-state index >= 15 is 0 Å². The standard InChI is InChI=1S/C13H18F2O3/c14-11(15)12(16)18-6-10-9-2-7-1-8(3-9)5-13(10,17)4-7/h7-11,17H,1-6H2. The van der Waals surface area contributed by atoms with Gasteiger partial charge in [-0.1, -0.05) is 0 Å². The Hall–Kier alpha value is -0.710. The molecule has 4 saturated carbocycles. The van der Waals surface area contributed by atoms with Crippen molar-refractivity contribution in [1.82, 2.24) is 0 Å². The molecule has 0 aliphatic heterocycles. The molecule has 4 fully saturated rings. The van der Waals surface area contributed by atoms with Gasteiger partial charge < -0.3 is 9.84 Å². The molecule has 1 N–H and O–H groups in total. The molecule has 0 amide bonds. The van der Waals surface area contributed by atoms with Crippen molar-refractivity contribution in [1.29, 1.82) is 0 Å². The van der Waals surface area contributed by atoms with Crippen LogP contribution in [-0.2, 0) is 9.53 Å². The molecule has 3 unspecified atom stereocenters. The van der Waals surface area contributed by atoms with Gasteiger partial charge in [-0.3, -0.25) is 0 Å². The summed E-state index contributed by atoms with van der Waals surface area (Å²) in [4.78, 5) is 10.8. The van der Waals surface area contributed by atoms with Gasteiger partial charge >= 0.3 is 12.4 Å². The number of ether oxygens (including phenoxy) is 1. The summed E-state index contributed by atoms with van der Waals surface area (Å²) in [6.07, 6.45) is 1.72. The number of carbonyl (C=O) groups excluding carboxylic acids is 1. The van der Waals surface area contributed by atoms with Crippen LogP contribution in [-0.4, -0.2) is 29.7 Å². The van der Waals surface area contributed by atoms with Gasteiger partial charge in [0.2, 0.25) is 0 Å². The smallest absolute Gasteiger partial charge is 0.373 e. The highest BCUT2D eigenvalue weighted by Gasteiger charge is 2.56. The van der Waals surface area contributed by atoms with E-state index < -0.39 is 18.0 Å². The molecule has 0 spiro atoms. The first-order valence-electron chi connectivity index (χ1n) is 6.65. The second-order valence-corrected chi connectivity index (χ2v) is 6.25. The van der Waals surface area contributed by atoms with E-state index in [9.17, 15) is 18.7 Å². The van der Waals surface area contributed by atoms with Crippen molar-refractivity contribution >= 4 is 5.97 Å². The zero-order valence-electron chi connectivity index (χ0n) is 10.1. The number of hydrogen-bond acceptors (Lipinski definition) is 3. The molecule has 0 heterocycles. The molecule has 18 heavy (non-hydrogen) atoms. The second-order valence-electron chi connectivity index (χ2n) is 6.25. The van der Waals surface area contributed by atoms with E-state index in [4.69, 9.17) is 0 Å². The Labute approximate surface area is 105 Å². The van der Waals surface area contributed by atoms with Gasteiger partial charge in [0.1, 0.15) is 0 Å². The molecule has 3 atom stereocenters. The Morgan fingerprint density at radius 2 is 1.89 bits per heavy atom. The van der Waals surface area contributed by atoms with Crippen LogP contribution in [0.5, 0.6) is 0 Å². The van der Waals surface area contributed by atoms with Crippen molar-refractivity contribution in [3.8, 4) is 0 Å². The lowest BCUT2D eigenvalue weighted by atomic mass is 9.50. The van der Waals surface area contributed by atoms with Gasteiger partial charge in [-0.05, 0) is 49.9 Å². The zero-order chi connectivity index (χ0) is 12.9. The minimum Gasteiger partial charge on any atom is -0.461 e. The van der Waals surface area contributed by atoms with Gasteiger partial charge in [0.05, 0.1) is 12.2 Å². The molecule has 3 nitrogen and oxygen atoms in total. The molecule has 0 aromatic rings. The fraction of sp³-hybridized carbons (Fsp3) is 0.923. The molecule has 4 rings (SSSR count). The third-order valence-corrected chi connectivity index (χ3v) is 5.07. The van der Waals surface area contributed by atoms with Crippen LogP contribution < -0.4 is 0 Å². The Morgan fingerprint density at radius 1 is 1.28 bits per heavy atom. The van der Waals surface area contributed by atoms with E-state index in [1.54, 1.807) is 0 Å². The molecule has 5 heteroatoms. The predicted molar refractivity (Wildman–Crippen MR) is 59.0 cm³/mol. The quantitative estimate of drug-likeness (QED) is 0.789. The van der Waals surface area contributed by atoms with Crippen LogP contribution in [0, 0.1) is 23.7 Å². The van der Waals surface area contributed by atoms with Gasteiger partial charge in [-0.15, -0.1) is 0 Å². The van der Waals surface area contributed by atoms with Crippen LogP contribution in [0.1, 0.15) is 32.1 Å². The second kappa shape index (κ2) is 4.15. The Kier molecular flexibility index (Phi) is 2.84. The maximum Gasteiger partial charge on any atom is 0.373 e. The van der Waals surface area contributed by atoms with Gasteiger partial charge in [0.15, 0.2) is 0 Å². The molecule has 102 valence electrons. The summed E-state index contributed by atoms with van der Waals surface area (Å²) in [6, 6.07) is 0. The fourth-order valence-corrected chi connectivity index (χ4v) is 4.63. The summed E-state index contributed by atoms with van der Waals surface area (Å²) < 4.78 is 28.8. The average molecular weight is 260 g/mol. The number of carbonyl (C=O) groups is 1. The summed E-state index contributed by atoms with van der Waals surface area (Å²) in [7, 11) is 0. The summed E-state index contributed by atoms with van der Waals surface area (Å²) in [6.45, 7) is -0.0518. The van der Waals surface area contributed by atoms with Crippen LogP contribution in [0.15, 0.2) is 0 Å². The third-order valence-electron chi connectivity index (χ3n) is 5.07. The summed E-state index contributed by atoms with van der Waals surface area (Å²) in [5.41, 5.74) is -0.781. The Bertz CT molecular complexity index is 344. The fourth-order valence-electron chi connectivity index (χ4n) is 4.63. The molecule has 0 saturated heterocycles. The highest BCUT2D eigenvalue weighted by molar-refractivity contribution is 5.72. The van der Waals surface area contributed by atoms with Crippen LogP contribution in [0.4, 0.5) is 8.78 Å². The van der Waals surface area contributed by atoms with Crippen molar-refractivity contribution in [2.45, 2.75) is 44.1 Å². The minimum absolute atomic E-state index is 0.0518. The van der Waals surface area contributed by atoms with Crippen molar-refractivity contribution in [3.63, 3.8) is 0 Å². The molecular formula is C13H18F2O3. The van der Waals surface area contributed by atoms with Gasteiger partial charge in [0, 0.05) is 5.92 Å². The van der Waals surface area contributed by atoms with E-state index in [2.05, 4.69) is 4.74 Å². The van der Waals surface area contributed by atoms with Crippen molar-refractivity contribution in [2.75, 3.05) is 6.61 Å². The van der Waals surface area contributed by atoms with E-state index in [0.29, 0.717) is 17.8 Å². The largest absolute Gasteiger partial charge is 0.461 e. The maximum atomic E-state index is 12.1. The number of aliphatic hydroxyl groups is 1. The molecule has 0 aromatic carbocycles. The van der Waals surface area contributed by atoms with E-state index in [-0.39, 0.29) is 12.5 Å². The number of alkyl halides is 2. The molecule has 4 aliphatic carbocycles. The van der Waals surface area contributed by atoms with Crippen LogP contribution >= 0.6 is 0 Å². The maximum absolute atomic E-state index is 12.1. The first kappa shape index (κ1) is 12.3. The highest BCUT2D eigenvalue weighted by Crippen LogP contribution is 2.58. The summed E-state index contributed by atoms with van der Waals surface area (Å²) in [5, 5.41) is 10.6.